The fraction of sp³-hybridized carbons (Fsp3) is 0. The molecular weight excluding hydrogens is 299 g/mol. The fourth-order valence-corrected chi connectivity index (χ4v) is 2.05. The van der Waals surface area contributed by atoms with Crippen LogP contribution < -0.4 is 10.4 Å². The third-order valence-corrected chi connectivity index (χ3v) is 3.17. The Morgan fingerprint density at radius 2 is 2.10 bits per heavy atom. The van der Waals surface area contributed by atoms with Crippen LogP contribution in [0.25, 0.3) is 6.08 Å². The number of hydrogen-bond donors (Lipinski definition) is 1. The summed E-state index contributed by atoms with van der Waals surface area (Å²) in [4.78, 5) is 24.1. The van der Waals surface area contributed by atoms with Crippen molar-refractivity contribution in [3.05, 3.63) is 58.8 Å². The maximum atomic E-state index is 13.1. The highest BCUT2D eigenvalue weighted by atomic mass is 35.5. The smallest absolute Gasteiger partial charge is 0.282 e. The predicted molar refractivity (Wildman–Crippen MR) is 73.7 cm³/mol. The number of nitrogens with one attached hydrogen (secondary N) is 1. The van der Waals surface area contributed by atoms with E-state index in [-0.39, 0.29) is 16.3 Å². The van der Waals surface area contributed by atoms with Crippen LogP contribution in [0.3, 0.4) is 0 Å². The molecule has 1 aliphatic rings. The number of anilines is 1. The van der Waals surface area contributed by atoms with Crippen LogP contribution in [0.5, 0.6) is 0 Å². The first-order valence-corrected chi connectivity index (χ1v) is 6.30. The minimum atomic E-state index is -0.607. The van der Waals surface area contributed by atoms with Crippen molar-refractivity contribution >= 4 is 35.2 Å². The number of rotatable bonds is 2. The van der Waals surface area contributed by atoms with Gasteiger partial charge in [-0.3, -0.25) is 15.0 Å². The highest BCUT2D eigenvalue weighted by Crippen LogP contribution is 2.25. The molecule has 0 aliphatic carbocycles. The zero-order valence-electron chi connectivity index (χ0n) is 10.5. The number of halogens is 2. The number of hydrogen-bond acceptors (Lipinski definition) is 3. The molecule has 7 heteroatoms. The minimum absolute atomic E-state index is 0.0783. The lowest BCUT2D eigenvalue weighted by Crippen LogP contribution is -2.35. The summed E-state index contributed by atoms with van der Waals surface area (Å²) >= 11 is 5.67. The summed E-state index contributed by atoms with van der Waals surface area (Å²) in [6, 6.07) is 6.97. The number of carbonyl (C=O) groups is 2. The van der Waals surface area contributed by atoms with E-state index in [0.717, 1.165) is 11.1 Å². The lowest BCUT2D eigenvalue weighted by atomic mass is 10.2. The third kappa shape index (κ3) is 2.41. The van der Waals surface area contributed by atoms with Crippen LogP contribution in [0.4, 0.5) is 10.1 Å². The first-order valence-electron chi connectivity index (χ1n) is 5.92. The van der Waals surface area contributed by atoms with Crippen molar-refractivity contribution in [2.24, 2.45) is 0 Å². The van der Waals surface area contributed by atoms with Gasteiger partial charge in [0.1, 0.15) is 17.2 Å². The van der Waals surface area contributed by atoms with Gasteiger partial charge in [-0.15, -0.1) is 0 Å². The van der Waals surface area contributed by atoms with Crippen LogP contribution in [-0.4, -0.2) is 11.8 Å². The summed E-state index contributed by atoms with van der Waals surface area (Å²) < 4.78 is 18.2. The summed E-state index contributed by atoms with van der Waals surface area (Å²) in [5.41, 5.74) is 2.57. The van der Waals surface area contributed by atoms with Crippen molar-refractivity contribution in [3.8, 4) is 0 Å². The zero-order chi connectivity index (χ0) is 15.0. The lowest BCUT2D eigenvalue weighted by Gasteiger charge is -2.14. The molecule has 0 bridgehead atoms. The van der Waals surface area contributed by atoms with E-state index in [1.807, 2.05) is 0 Å². The second-order valence-electron chi connectivity index (χ2n) is 4.25. The van der Waals surface area contributed by atoms with Gasteiger partial charge in [-0.05, 0) is 36.4 Å². The zero-order valence-corrected chi connectivity index (χ0v) is 11.2. The molecule has 106 valence electrons. The third-order valence-electron chi connectivity index (χ3n) is 2.88. The van der Waals surface area contributed by atoms with Gasteiger partial charge in [0.15, 0.2) is 0 Å². The lowest BCUT2D eigenvalue weighted by molar-refractivity contribution is -0.117. The molecule has 2 aromatic rings. The molecule has 1 aromatic heterocycles. The topological polar surface area (TPSA) is 62.6 Å². The van der Waals surface area contributed by atoms with Crippen LogP contribution in [0.15, 0.2) is 46.6 Å². The molecule has 2 heterocycles. The Kier molecular flexibility index (Phi) is 3.23. The molecule has 1 fully saturated rings. The number of nitrogens with zero attached hydrogens (tertiary/aromatic N) is 1. The van der Waals surface area contributed by atoms with Gasteiger partial charge in [-0.25, -0.2) is 9.40 Å². The van der Waals surface area contributed by atoms with Gasteiger partial charge in [0.25, 0.3) is 11.8 Å². The van der Waals surface area contributed by atoms with E-state index >= 15 is 0 Å². The van der Waals surface area contributed by atoms with Gasteiger partial charge >= 0.3 is 0 Å². The Morgan fingerprint density at radius 1 is 1.29 bits per heavy atom. The number of amides is 2. The van der Waals surface area contributed by atoms with E-state index in [0.29, 0.717) is 5.76 Å². The van der Waals surface area contributed by atoms with Crippen molar-refractivity contribution in [3.63, 3.8) is 0 Å². The van der Waals surface area contributed by atoms with Crippen molar-refractivity contribution in [1.82, 2.24) is 5.43 Å². The van der Waals surface area contributed by atoms with E-state index in [1.54, 1.807) is 12.1 Å². The van der Waals surface area contributed by atoms with E-state index in [2.05, 4.69) is 5.43 Å². The van der Waals surface area contributed by atoms with Crippen LogP contribution in [-0.2, 0) is 9.59 Å². The summed E-state index contributed by atoms with van der Waals surface area (Å²) in [7, 11) is 0. The molecule has 0 spiro atoms. The standard InChI is InChI=1S/C14H8ClFN2O3/c15-11-6-8(3-4-12(11)16)18-14(20)10(13(19)17-18)7-9-2-1-5-21-9/h1-7H,(H,17,19). The fourth-order valence-electron chi connectivity index (χ4n) is 1.88. The summed E-state index contributed by atoms with van der Waals surface area (Å²) in [5, 5.41) is 0.862. The molecule has 0 unspecified atom stereocenters. The Hall–Kier alpha value is -2.60. The molecule has 1 aromatic carbocycles. The van der Waals surface area contributed by atoms with E-state index in [1.165, 1.54) is 24.5 Å². The number of furan rings is 1. The Bertz CT molecular complexity index is 756. The van der Waals surface area contributed by atoms with E-state index in [9.17, 15) is 14.0 Å². The average Bonchev–Trinajstić information content (AvgIpc) is 3.06. The molecular formula is C14H8ClFN2O3. The van der Waals surface area contributed by atoms with Crippen LogP contribution >= 0.6 is 11.6 Å². The summed E-state index contributed by atoms with van der Waals surface area (Å²) in [6.07, 6.45) is 2.77. The summed E-state index contributed by atoms with van der Waals surface area (Å²) in [5.74, 6) is -1.37. The quantitative estimate of drug-likeness (QED) is 0.685. The molecule has 21 heavy (non-hydrogen) atoms. The van der Waals surface area contributed by atoms with Crippen LogP contribution in [0.1, 0.15) is 5.76 Å². The normalized spacial score (nSPS) is 16.7. The Labute approximate surface area is 123 Å². The number of hydrazine groups is 1. The van der Waals surface area contributed by atoms with Crippen molar-refractivity contribution < 1.29 is 18.4 Å². The molecule has 2 amide bonds. The monoisotopic (exact) mass is 306 g/mol. The molecule has 3 rings (SSSR count). The maximum absolute atomic E-state index is 13.1. The van der Waals surface area contributed by atoms with Crippen molar-refractivity contribution in [1.29, 1.82) is 0 Å². The molecule has 0 atom stereocenters. The average molecular weight is 307 g/mol. The molecule has 5 nitrogen and oxygen atoms in total. The van der Waals surface area contributed by atoms with Gasteiger partial charge < -0.3 is 4.42 Å². The largest absolute Gasteiger partial charge is 0.465 e. The van der Waals surface area contributed by atoms with Gasteiger partial charge in [-0.2, -0.15) is 0 Å². The van der Waals surface area contributed by atoms with Gasteiger partial charge in [-0.1, -0.05) is 11.6 Å². The molecule has 1 saturated heterocycles. The highest BCUT2D eigenvalue weighted by molar-refractivity contribution is 6.33. The molecule has 0 saturated carbocycles. The SMILES string of the molecule is O=C1NN(c2ccc(F)c(Cl)c2)C(=O)C1=Cc1ccco1. The first-order chi connectivity index (χ1) is 10.1. The highest BCUT2D eigenvalue weighted by Gasteiger charge is 2.34. The second-order valence-corrected chi connectivity index (χ2v) is 4.66. The van der Waals surface area contributed by atoms with E-state index < -0.39 is 17.6 Å². The second kappa shape index (κ2) is 5.06. The molecule has 1 N–H and O–H groups in total. The van der Waals surface area contributed by atoms with Crippen molar-refractivity contribution in [2.75, 3.05) is 5.01 Å². The molecule has 1 aliphatic heterocycles. The van der Waals surface area contributed by atoms with Gasteiger partial charge in [0, 0.05) is 0 Å². The minimum Gasteiger partial charge on any atom is -0.465 e. The summed E-state index contributed by atoms with van der Waals surface area (Å²) in [6.45, 7) is 0. The number of benzene rings is 1. The van der Waals surface area contributed by atoms with E-state index in [4.69, 9.17) is 16.0 Å². The van der Waals surface area contributed by atoms with Crippen LogP contribution in [0, 0.1) is 5.82 Å². The van der Waals surface area contributed by atoms with Gasteiger partial charge in [0.2, 0.25) is 0 Å². The predicted octanol–water partition coefficient (Wildman–Crippen LogP) is 2.53. The number of carbonyl (C=O) groups excluding carboxylic acids is 2. The van der Waals surface area contributed by atoms with Gasteiger partial charge in [0.05, 0.1) is 17.0 Å². The molecule has 0 radical (unpaired) electrons. The maximum Gasteiger partial charge on any atom is 0.282 e. The Balaban J connectivity index is 1.95. The Morgan fingerprint density at radius 3 is 2.76 bits per heavy atom. The van der Waals surface area contributed by atoms with Crippen molar-refractivity contribution in [2.45, 2.75) is 0 Å². The van der Waals surface area contributed by atoms with Crippen LogP contribution in [0.2, 0.25) is 5.02 Å². The first kappa shape index (κ1) is 13.4.